The molecule has 0 aromatic carbocycles. The van der Waals surface area contributed by atoms with E-state index in [2.05, 4.69) is 38.2 Å². The van der Waals surface area contributed by atoms with Gasteiger partial charge in [-0.25, -0.2) is 0 Å². The van der Waals surface area contributed by atoms with Crippen LogP contribution in [0.1, 0.15) is 65.7 Å². The minimum absolute atomic E-state index is 0.0345. The van der Waals surface area contributed by atoms with Crippen molar-refractivity contribution >= 4 is 5.91 Å². The number of unbranched alkanes of at least 4 members (excludes halogenated alkanes) is 4. The number of hydrogen-bond acceptors (Lipinski definition) is 1. The third-order valence-electron chi connectivity index (χ3n) is 3.23. The predicted molar refractivity (Wildman–Crippen MR) is 84.1 cm³/mol. The summed E-state index contributed by atoms with van der Waals surface area (Å²) in [5.74, 6) is 0.593. The number of rotatable bonds is 11. The first kappa shape index (κ1) is 17.9. The van der Waals surface area contributed by atoms with Gasteiger partial charge in [-0.3, -0.25) is 4.79 Å². The van der Waals surface area contributed by atoms with Crippen molar-refractivity contribution in [2.24, 2.45) is 5.92 Å². The number of nitrogens with one attached hydrogen (secondary N) is 1. The first-order valence-electron chi connectivity index (χ1n) is 7.80. The predicted octanol–water partition coefficient (Wildman–Crippen LogP) is 4.62. The zero-order chi connectivity index (χ0) is 14.3. The molecule has 0 fully saturated rings. The van der Waals surface area contributed by atoms with E-state index in [1.54, 1.807) is 6.08 Å². The van der Waals surface area contributed by atoms with E-state index in [9.17, 15) is 4.79 Å². The topological polar surface area (TPSA) is 29.1 Å². The van der Waals surface area contributed by atoms with E-state index >= 15 is 0 Å². The number of hydrogen-bond donors (Lipinski definition) is 1. The number of carbonyl (C=O) groups excluding carboxylic acids is 1. The van der Waals surface area contributed by atoms with Gasteiger partial charge < -0.3 is 5.32 Å². The maximum absolute atomic E-state index is 11.5. The van der Waals surface area contributed by atoms with Crippen LogP contribution in [0.2, 0.25) is 0 Å². The molecule has 0 spiro atoms. The molecule has 0 aromatic heterocycles. The molecule has 0 bridgehead atoms. The van der Waals surface area contributed by atoms with Gasteiger partial charge in [0.15, 0.2) is 0 Å². The molecule has 1 unspecified atom stereocenters. The molecule has 0 radical (unpaired) electrons. The number of allylic oxidation sites excluding steroid dienone is 3. The van der Waals surface area contributed by atoms with Crippen molar-refractivity contribution in [3.8, 4) is 0 Å². The van der Waals surface area contributed by atoms with Gasteiger partial charge >= 0.3 is 0 Å². The van der Waals surface area contributed by atoms with Gasteiger partial charge in [-0.15, -0.1) is 0 Å². The molecule has 1 atom stereocenters. The van der Waals surface area contributed by atoms with Crippen LogP contribution in [0.5, 0.6) is 0 Å². The highest BCUT2D eigenvalue weighted by Gasteiger charge is 1.99. The second-order valence-corrected chi connectivity index (χ2v) is 5.21. The zero-order valence-corrected chi connectivity index (χ0v) is 13.0. The standard InChI is InChI=1S/C17H31NO/c1-4-6-7-8-9-10-11-12-13-14-17(19)18-15-16(3)5-2/h9-10,13-14,16H,4-8,11-12,15H2,1-3H3,(H,18,19). The van der Waals surface area contributed by atoms with Crippen molar-refractivity contribution in [2.75, 3.05) is 6.54 Å². The Balaban J connectivity index is 3.49. The van der Waals surface area contributed by atoms with Crippen LogP contribution in [0.15, 0.2) is 24.3 Å². The summed E-state index contributed by atoms with van der Waals surface area (Å²) in [6.07, 6.45) is 16.3. The highest BCUT2D eigenvalue weighted by molar-refractivity contribution is 5.87. The van der Waals surface area contributed by atoms with Gasteiger partial charge in [0.1, 0.15) is 0 Å². The first-order chi connectivity index (χ1) is 9.20. The van der Waals surface area contributed by atoms with Gasteiger partial charge in [0.25, 0.3) is 0 Å². The SMILES string of the molecule is CCCCCC=CCCC=CC(=O)NCC(C)CC. The molecule has 19 heavy (non-hydrogen) atoms. The van der Waals surface area contributed by atoms with E-state index < -0.39 is 0 Å². The molecule has 0 rings (SSSR count). The van der Waals surface area contributed by atoms with Crippen LogP contribution in [0.4, 0.5) is 0 Å². The molecule has 2 heteroatoms. The average molecular weight is 265 g/mol. The Bertz CT molecular complexity index is 268. The molecular weight excluding hydrogens is 234 g/mol. The van der Waals surface area contributed by atoms with Crippen molar-refractivity contribution in [3.05, 3.63) is 24.3 Å². The van der Waals surface area contributed by atoms with E-state index in [0.717, 1.165) is 25.8 Å². The fraction of sp³-hybridized carbons (Fsp3) is 0.706. The molecule has 1 N–H and O–H groups in total. The zero-order valence-electron chi connectivity index (χ0n) is 13.0. The van der Waals surface area contributed by atoms with E-state index in [-0.39, 0.29) is 5.91 Å². The van der Waals surface area contributed by atoms with Gasteiger partial charge in [0, 0.05) is 6.54 Å². The van der Waals surface area contributed by atoms with Crippen LogP contribution < -0.4 is 5.32 Å². The lowest BCUT2D eigenvalue weighted by Crippen LogP contribution is -2.26. The lowest BCUT2D eigenvalue weighted by atomic mass is 10.1. The Hall–Kier alpha value is -1.05. The Morgan fingerprint density at radius 2 is 1.74 bits per heavy atom. The normalized spacial score (nSPS) is 13.2. The smallest absolute Gasteiger partial charge is 0.243 e. The van der Waals surface area contributed by atoms with Crippen molar-refractivity contribution in [2.45, 2.75) is 65.7 Å². The highest BCUT2D eigenvalue weighted by Crippen LogP contribution is 2.01. The Morgan fingerprint density at radius 1 is 1.05 bits per heavy atom. The number of amides is 1. The van der Waals surface area contributed by atoms with Crippen LogP contribution in [0, 0.1) is 5.92 Å². The van der Waals surface area contributed by atoms with E-state index in [4.69, 9.17) is 0 Å². The molecule has 0 aromatic rings. The van der Waals surface area contributed by atoms with Crippen molar-refractivity contribution < 1.29 is 4.79 Å². The van der Waals surface area contributed by atoms with Crippen molar-refractivity contribution in [3.63, 3.8) is 0 Å². The minimum atomic E-state index is 0.0345. The van der Waals surface area contributed by atoms with E-state index in [1.807, 2.05) is 6.08 Å². The van der Waals surface area contributed by atoms with Crippen LogP contribution in [0.25, 0.3) is 0 Å². The molecule has 0 saturated carbocycles. The maximum Gasteiger partial charge on any atom is 0.243 e. The Kier molecular flexibility index (Phi) is 12.6. The summed E-state index contributed by atoms with van der Waals surface area (Å²) in [5.41, 5.74) is 0. The lowest BCUT2D eigenvalue weighted by Gasteiger charge is -2.07. The van der Waals surface area contributed by atoms with Crippen molar-refractivity contribution in [1.82, 2.24) is 5.32 Å². The third-order valence-corrected chi connectivity index (χ3v) is 3.23. The van der Waals surface area contributed by atoms with Gasteiger partial charge in [0.2, 0.25) is 5.91 Å². The summed E-state index contributed by atoms with van der Waals surface area (Å²) in [5, 5.41) is 2.91. The molecule has 2 nitrogen and oxygen atoms in total. The Labute approximate surface area is 119 Å². The van der Waals surface area contributed by atoms with Crippen LogP contribution in [0.3, 0.4) is 0 Å². The largest absolute Gasteiger partial charge is 0.352 e. The van der Waals surface area contributed by atoms with Gasteiger partial charge in [-0.1, -0.05) is 58.3 Å². The number of carbonyl (C=O) groups is 1. The molecule has 0 aliphatic carbocycles. The second kappa shape index (κ2) is 13.4. The maximum atomic E-state index is 11.5. The van der Waals surface area contributed by atoms with Gasteiger partial charge in [-0.2, -0.15) is 0 Å². The first-order valence-corrected chi connectivity index (χ1v) is 7.80. The van der Waals surface area contributed by atoms with Gasteiger partial charge in [-0.05, 0) is 37.7 Å². The fourth-order valence-electron chi connectivity index (χ4n) is 1.61. The van der Waals surface area contributed by atoms with Crippen LogP contribution in [-0.4, -0.2) is 12.5 Å². The van der Waals surface area contributed by atoms with Crippen LogP contribution >= 0.6 is 0 Å². The summed E-state index contributed by atoms with van der Waals surface area (Å²) in [4.78, 5) is 11.5. The van der Waals surface area contributed by atoms with Gasteiger partial charge in [0.05, 0.1) is 0 Å². The summed E-state index contributed by atoms with van der Waals surface area (Å²) >= 11 is 0. The molecular formula is C17H31NO. The highest BCUT2D eigenvalue weighted by atomic mass is 16.1. The summed E-state index contributed by atoms with van der Waals surface area (Å²) < 4.78 is 0. The minimum Gasteiger partial charge on any atom is -0.352 e. The summed E-state index contributed by atoms with van der Waals surface area (Å²) in [7, 11) is 0. The molecule has 0 saturated heterocycles. The van der Waals surface area contributed by atoms with E-state index in [0.29, 0.717) is 5.92 Å². The fourth-order valence-corrected chi connectivity index (χ4v) is 1.61. The van der Waals surface area contributed by atoms with E-state index in [1.165, 1.54) is 25.7 Å². The summed E-state index contributed by atoms with van der Waals surface area (Å²) in [6.45, 7) is 7.28. The molecule has 110 valence electrons. The molecule has 0 heterocycles. The van der Waals surface area contributed by atoms with Crippen molar-refractivity contribution in [1.29, 1.82) is 0 Å². The molecule has 0 aliphatic heterocycles. The monoisotopic (exact) mass is 265 g/mol. The second-order valence-electron chi connectivity index (χ2n) is 5.21. The molecule has 1 amide bonds. The average Bonchev–Trinajstić information content (AvgIpc) is 2.42. The molecule has 0 aliphatic rings. The third kappa shape index (κ3) is 13.2. The van der Waals surface area contributed by atoms with Crippen LogP contribution in [-0.2, 0) is 4.79 Å². The summed E-state index contributed by atoms with van der Waals surface area (Å²) in [6, 6.07) is 0. The quantitative estimate of drug-likeness (QED) is 0.329. The Morgan fingerprint density at radius 3 is 2.42 bits per heavy atom. The lowest BCUT2D eigenvalue weighted by molar-refractivity contribution is -0.116.